The van der Waals surface area contributed by atoms with E-state index in [1.807, 2.05) is 6.92 Å². The van der Waals surface area contributed by atoms with Gasteiger partial charge in [0.1, 0.15) is 12.3 Å². The Labute approximate surface area is 222 Å². The van der Waals surface area contributed by atoms with E-state index < -0.39 is 32.5 Å². The van der Waals surface area contributed by atoms with Gasteiger partial charge in [-0.05, 0) is 75.4 Å². The molecule has 0 bridgehead atoms. The first kappa shape index (κ1) is 28.5. The number of rotatable bonds is 10. The molecular formula is C25H28ClN3O6S2. The Morgan fingerprint density at radius 3 is 2.11 bits per heavy atom. The molecule has 37 heavy (non-hydrogen) atoms. The van der Waals surface area contributed by atoms with Crippen molar-refractivity contribution in [2.45, 2.75) is 36.6 Å². The summed E-state index contributed by atoms with van der Waals surface area (Å²) in [5, 5.41) is 2.98. The van der Waals surface area contributed by atoms with Crippen LogP contribution in [0.15, 0.2) is 76.5 Å². The maximum Gasteiger partial charge on any atom is 0.264 e. The van der Waals surface area contributed by atoms with Gasteiger partial charge in [-0.1, -0.05) is 29.3 Å². The van der Waals surface area contributed by atoms with Crippen LogP contribution in [0.1, 0.15) is 19.4 Å². The average molecular weight is 566 g/mol. The van der Waals surface area contributed by atoms with E-state index in [4.69, 9.17) is 16.3 Å². The summed E-state index contributed by atoms with van der Waals surface area (Å²) in [6.07, 6.45) is 0. The molecule has 0 aliphatic rings. The summed E-state index contributed by atoms with van der Waals surface area (Å²) in [6, 6.07) is 15.9. The van der Waals surface area contributed by atoms with Crippen LogP contribution >= 0.6 is 11.6 Å². The van der Waals surface area contributed by atoms with Gasteiger partial charge in [0.25, 0.3) is 10.0 Å². The number of ether oxygens (including phenoxy) is 1. The van der Waals surface area contributed by atoms with Crippen molar-refractivity contribution in [2.24, 2.45) is 0 Å². The highest BCUT2D eigenvalue weighted by Gasteiger charge is 2.28. The van der Waals surface area contributed by atoms with Gasteiger partial charge < -0.3 is 10.1 Å². The first-order valence-electron chi connectivity index (χ1n) is 11.2. The molecule has 0 saturated carbocycles. The van der Waals surface area contributed by atoms with Gasteiger partial charge in [-0.25, -0.2) is 21.6 Å². The molecule has 0 heterocycles. The van der Waals surface area contributed by atoms with Crippen molar-refractivity contribution in [1.82, 2.24) is 4.72 Å². The molecule has 0 saturated heterocycles. The normalized spacial score (nSPS) is 11.8. The number of benzene rings is 3. The molecule has 3 aromatic rings. The van der Waals surface area contributed by atoms with E-state index in [1.54, 1.807) is 26.0 Å². The number of nitrogens with zero attached hydrogens (tertiary/aromatic N) is 1. The number of aryl methyl sites for hydroxylation is 1. The Kier molecular flexibility index (Phi) is 8.85. The van der Waals surface area contributed by atoms with E-state index in [0.717, 1.165) is 9.87 Å². The van der Waals surface area contributed by atoms with E-state index in [2.05, 4.69) is 10.0 Å². The molecule has 9 nitrogen and oxygen atoms in total. The third kappa shape index (κ3) is 7.01. The molecule has 0 fully saturated rings. The third-order valence-corrected chi connectivity index (χ3v) is 8.85. The standard InChI is InChI=1S/C25H28ClN3O6S2/c1-17(2)28-36(31,32)22-13-14-24(35-4)23(15-22)27-25(30)16-29(20-9-7-19(26)8-10-20)37(33,34)21-11-5-18(3)6-12-21/h5-15,17,28H,16H2,1-4H3,(H,27,30). The molecule has 0 aliphatic heterocycles. The molecule has 198 valence electrons. The summed E-state index contributed by atoms with van der Waals surface area (Å²) in [4.78, 5) is 13.1. The zero-order chi connectivity index (χ0) is 27.4. The Morgan fingerprint density at radius 2 is 1.54 bits per heavy atom. The second-order valence-electron chi connectivity index (χ2n) is 8.49. The van der Waals surface area contributed by atoms with Gasteiger partial charge in [0.15, 0.2) is 0 Å². The van der Waals surface area contributed by atoms with Crippen LogP contribution in [0.4, 0.5) is 11.4 Å². The van der Waals surface area contributed by atoms with E-state index in [1.165, 1.54) is 61.7 Å². The largest absolute Gasteiger partial charge is 0.495 e. The van der Waals surface area contributed by atoms with Crippen molar-refractivity contribution in [3.05, 3.63) is 77.3 Å². The Morgan fingerprint density at radius 1 is 0.946 bits per heavy atom. The summed E-state index contributed by atoms with van der Waals surface area (Å²) in [6.45, 7) is 4.61. The van der Waals surface area contributed by atoms with Crippen LogP contribution in [-0.4, -0.2) is 42.4 Å². The highest BCUT2D eigenvalue weighted by atomic mass is 35.5. The minimum atomic E-state index is -4.14. The zero-order valence-corrected chi connectivity index (χ0v) is 23.1. The van der Waals surface area contributed by atoms with Crippen LogP contribution in [0.2, 0.25) is 5.02 Å². The summed E-state index contributed by atoms with van der Waals surface area (Å²) < 4.78 is 61.0. The van der Waals surface area contributed by atoms with Gasteiger partial charge in [-0.2, -0.15) is 0 Å². The zero-order valence-electron chi connectivity index (χ0n) is 20.7. The Hall–Kier alpha value is -3.12. The maximum absolute atomic E-state index is 13.5. The predicted molar refractivity (Wildman–Crippen MR) is 144 cm³/mol. The third-order valence-electron chi connectivity index (χ3n) is 5.16. The highest BCUT2D eigenvalue weighted by molar-refractivity contribution is 7.92. The lowest BCUT2D eigenvalue weighted by atomic mass is 10.2. The number of hydrogen-bond acceptors (Lipinski definition) is 6. The summed E-state index contributed by atoms with van der Waals surface area (Å²) in [5.41, 5.74) is 1.18. The topological polar surface area (TPSA) is 122 Å². The number of halogens is 1. The van der Waals surface area contributed by atoms with Crippen molar-refractivity contribution in [2.75, 3.05) is 23.3 Å². The van der Waals surface area contributed by atoms with Gasteiger partial charge in [-0.3, -0.25) is 9.10 Å². The van der Waals surface area contributed by atoms with Gasteiger partial charge >= 0.3 is 0 Å². The van der Waals surface area contributed by atoms with Crippen molar-refractivity contribution in [3.8, 4) is 5.75 Å². The lowest BCUT2D eigenvalue weighted by Gasteiger charge is -2.24. The van der Waals surface area contributed by atoms with E-state index in [0.29, 0.717) is 5.02 Å². The molecule has 0 radical (unpaired) electrons. The lowest BCUT2D eigenvalue weighted by molar-refractivity contribution is -0.114. The quantitative estimate of drug-likeness (QED) is 0.380. The van der Waals surface area contributed by atoms with Gasteiger partial charge in [0.2, 0.25) is 15.9 Å². The number of sulfonamides is 2. The number of carbonyl (C=O) groups is 1. The van der Waals surface area contributed by atoms with Crippen molar-refractivity contribution in [3.63, 3.8) is 0 Å². The predicted octanol–water partition coefficient (Wildman–Crippen LogP) is 4.18. The fourth-order valence-corrected chi connectivity index (χ4v) is 6.23. The van der Waals surface area contributed by atoms with E-state index in [9.17, 15) is 21.6 Å². The van der Waals surface area contributed by atoms with Crippen molar-refractivity contribution >= 4 is 48.9 Å². The minimum Gasteiger partial charge on any atom is -0.495 e. The van der Waals surface area contributed by atoms with Crippen LogP contribution in [0.25, 0.3) is 0 Å². The van der Waals surface area contributed by atoms with Crippen LogP contribution in [0, 0.1) is 6.92 Å². The molecule has 1 amide bonds. The molecule has 0 unspecified atom stereocenters. The second-order valence-corrected chi connectivity index (χ2v) is 12.5. The molecular weight excluding hydrogens is 538 g/mol. The Balaban J connectivity index is 1.97. The summed E-state index contributed by atoms with van der Waals surface area (Å²) in [7, 11) is -6.62. The molecule has 3 aromatic carbocycles. The summed E-state index contributed by atoms with van der Waals surface area (Å²) in [5.74, 6) is -0.508. The SMILES string of the molecule is COc1ccc(S(=O)(=O)NC(C)C)cc1NC(=O)CN(c1ccc(Cl)cc1)S(=O)(=O)c1ccc(C)cc1. The van der Waals surface area contributed by atoms with Gasteiger partial charge in [-0.15, -0.1) is 0 Å². The minimum absolute atomic E-state index is 0.00582. The van der Waals surface area contributed by atoms with Crippen LogP contribution in [0.3, 0.4) is 0 Å². The first-order chi connectivity index (χ1) is 17.3. The van der Waals surface area contributed by atoms with Crippen molar-refractivity contribution in [1.29, 1.82) is 0 Å². The molecule has 0 atom stereocenters. The van der Waals surface area contributed by atoms with E-state index >= 15 is 0 Å². The maximum atomic E-state index is 13.5. The smallest absolute Gasteiger partial charge is 0.264 e. The fourth-order valence-electron chi connectivity index (χ4n) is 3.41. The fraction of sp³-hybridized carbons (Fsp3) is 0.240. The number of amides is 1. The van der Waals surface area contributed by atoms with Crippen molar-refractivity contribution < 1.29 is 26.4 Å². The Bertz CT molecular complexity index is 1470. The summed E-state index contributed by atoms with van der Waals surface area (Å²) >= 11 is 5.98. The highest BCUT2D eigenvalue weighted by Crippen LogP contribution is 2.29. The molecule has 12 heteroatoms. The lowest BCUT2D eigenvalue weighted by Crippen LogP contribution is -2.38. The van der Waals surface area contributed by atoms with Gasteiger partial charge in [0.05, 0.1) is 28.3 Å². The monoisotopic (exact) mass is 565 g/mol. The second kappa shape index (κ2) is 11.5. The number of carbonyl (C=O) groups excluding carboxylic acids is 1. The van der Waals surface area contributed by atoms with Gasteiger partial charge in [0, 0.05) is 11.1 Å². The molecule has 0 spiro atoms. The molecule has 0 aromatic heterocycles. The first-order valence-corrected chi connectivity index (χ1v) is 14.5. The van der Waals surface area contributed by atoms with Crippen LogP contribution in [-0.2, 0) is 24.8 Å². The van der Waals surface area contributed by atoms with E-state index in [-0.39, 0.29) is 33.0 Å². The number of hydrogen-bond donors (Lipinski definition) is 2. The molecule has 0 aliphatic carbocycles. The number of nitrogens with one attached hydrogen (secondary N) is 2. The number of anilines is 2. The average Bonchev–Trinajstić information content (AvgIpc) is 2.82. The molecule has 3 rings (SSSR count). The molecule has 2 N–H and O–H groups in total. The number of methoxy groups -OCH3 is 1. The van der Waals surface area contributed by atoms with Crippen LogP contribution in [0.5, 0.6) is 5.75 Å². The van der Waals surface area contributed by atoms with Crippen LogP contribution < -0.4 is 19.1 Å².